The summed E-state index contributed by atoms with van der Waals surface area (Å²) in [5.74, 6) is 1.50. The summed E-state index contributed by atoms with van der Waals surface area (Å²) >= 11 is 0. The van der Waals surface area contributed by atoms with E-state index >= 15 is 0 Å². The second-order valence-corrected chi connectivity index (χ2v) is 0.262. The molecular formula is C3HO-. The molecule has 0 aromatic heterocycles. The first-order valence-electron chi connectivity index (χ1n) is 0.774. The van der Waals surface area contributed by atoms with E-state index in [4.69, 9.17) is 11.2 Å². The van der Waals surface area contributed by atoms with E-state index in [0.717, 1.165) is 0 Å². The predicted octanol–water partition coefficient (Wildman–Crippen LogP) is -0.225. The van der Waals surface area contributed by atoms with Crippen molar-refractivity contribution in [3.05, 3.63) is 6.42 Å². The van der Waals surface area contributed by atoms with E-state index < -0.39 is 0 Å². The zero-order valence-corrected chi connectivity index (χ0v) is 1.99. The van der Waals surface area contributed by atoms with E-state index in [-0.39, 0.29) is 0 Å². The fourth-order valence-electron chi connectivity index (χ4n) is 0. The molecule has 0 saturated heterocycles. The third-order valence-corrected chi connectivity index (χ3v) is 0.0589. The minimum Gasteiger partial charge on any atom is -0.401 e. The summed E-state index contributed by atoms with van der Waals surface area (Å²) in [6, 6.07) is 0. The molecule has 0 aromatic carbocycles. The summed E-state index contributed by atoms with van der Waals surface area (Å²) in [7, 11) is 0. The highest BCUT2D eigenvalue weighted by Crippen LogP contribution is 1.20. The average molecular weight is 53.0 g/mol. The molecule has 0 aliphatic carbocycles. The van der Waals surface area contributed by atoms with Crippen LogP contribution in [-0.4, -0.2) is 6.29 Å². The summed E-state index contributed by atoms with van der Waals surface area (Å²) in [5, 5.41) is 0. The van der Waals surface area contributed by atoms with Gasteiger partial charge in [0, 0.05) is 6.29 Å². The van der Waals surface area contributed by atoms with Crippen LogP contribution in [0.2, 0.25) is 0 Å². The number of carbonyl (C=O) groups is 1. The van der Waals surface area contributed by atoms with E-state index in [2.05, 4.69) is 0 Å². The van der Waals surface area contributed by atoms with Crippen LogP contribution in [0.1, 0.15) is 0 Å². The molecule has 0 aromatic rings. The summed E-state index contributed by atoms with van der Waals surface area (Å²) < 4.78 is 0. The molecule has 1 nitrogen and oxygen atoms in total. The van der Waals surface area contributed by atoms with Crippen LogP contribution in [0.5, 0.6) is 0 Å². The SMILES string of the molecule is [C-]#CC=O. The molecule has 20 valence electrons. The molecule has 0 unspecified atom stereocenters. The van der Waals surface area contributed by atoms with Crippen LogP contribution >= 0.6 is 0 Å². The maximum absolute atomic E-state index is 8.88. The highest BCUT2D eigenvalue weighted by Gasteiger charge is 1.17. The van der Waals surface area contributed by atoms with Crippen LogP contribution in [0.25, 0.3) is 0 Å². The van der Waals surface area contributed by atoms with Gasteiger partial charge in [0.15, 0.2) is 0 Å². The van der Waals surface area contributed by atoms with Crippen molar-refractivity contribution in [3.63, 3.8) is 0 Å². The largest absolute Gasteiger partial charge is 0.401 e. The van der Waals surface area contributed by atoms with E-state index in [1.165, 1.54) is 5.92 Å². The first-order chi connectivity index (χ1) is 1.91. The maximum atomic E-state index is 8.88. The molecule has 0 amide bonds. The summed E-state index contributed by atoms with van der Waals surface area (Å²) in [4.78, 5) is 8.88. The van der Waals surface area contributed by atoms with E-state index in [1.807, 2.05) is 0 Å². The van der Waals surface area contributed by atoms with Gasteiger partial charge >= 0.3 is 0 Å². The molecule has 0 aliphatic heterocycles. The fraction of sp³-hybridized carbons (Fsp3) is 0. The molecule has 1 heteroatoms. The van der Waals surface area contributed by atoms with Gasteiger partial charge in [0.05, 0.1) is 0 Å². The Morgan fingerprint density at radius 2 is 2.25 bits per heavy atom. The van der Waals surface area contributed by atoms with Gasteiger partial charge in [-0.1, -0.05) is 0 Å². The molecule has 0 fully saturated rings. The third kappa shape index (κ3) is 1.23. The summed E-state index contributed by atoms with van der Waals surface area (Å²) in [6.45, 7) is 0. The molecule has 4 heavy (non-hydrogen) atoms. The van der Waals surface area contributed by atoms with Gasteiger partial charge in [-0.05, 0) is 0 Å². The Morgan fingerprint density at radius 1 is 2.00 bits per heavy atom. The monoisotopic (exact) mass is 53.0 g/mol. The van der Waals surface area contributed by atoms with Gasteiger partial charge in [0.2, 0.25) is 0 Å². The van der Waals surface area contributed by atoms with Crippen LogP contribution in [0.3, 0.4) is 0 Å². The maximum Gasteiger partial charge on any atom is 0.0337 e. The molecule has 0 rings (SSSR count). The zero-order chi connectivity index (χ0) is 3.41. The normalized spacial score (nSPS) is 3.75. The lowest BCUT2D eigenvalue weighted by Crippen LogP contribution is -1.46. The van der Waals surface area contributed by atoms with Crippen LogP contribution in [-0.2, 0) is 4.79 Å². The quantitative estimate of drug-likeness (QED) is 0.212. The summed E-state index contributed by atoms with van der Waals surface area (Å²) in [5.41, 5.74) is 0. The highest BCUT2D eigenvalue weighted by molar-refractivity contribution is 5.69. The van der Waals surface area contributed by atoms with Gasteiger partial charge in [-0.3, -0.25) is 5.92 Å². The van der Waals surface area contributed by atoms with Gasteiger partial charge in [0.1, 0.15) is 0 Å². The second kappa shape index (κ2) is 2.23. The molecule has 0 atom stereocenters. The van der Waals surface area contributed by atoms with Crippen molar-refractivity contribution in [2.45, 2.75) is 0 Å². The van der Waals surface area contributed by atoms with Crippen molar-refractivity contribution in [2.75, 3.05) is 0 Å². The second-order valence-electron chi connectivity index (χ2n) is 0.262. The minimum absolute atomic E-state index is 0.292. The highest BCUT2D eigenvalue weighted by atomic mass is 16.1. The topological polar surface area (TPSA) is 17.1 Å². The number of aldehydes is 1. The van der Waals surface area contributed by atoms with Crippen molar-refractivity contribution in [1.29, 1.82) is 0 Å². The Hall–Kier alpha value is -0.770. The lowest BCUT2D eigenvalue weighted by atomic mass is 10.8. The Labute approximate surface area is 24.6 Å². The van der Waals surface area contributed by atoms with E-state index in [1.54, 1.807) is 0 Å². The van der Waals surface area contributed by atoms with E-state index in [9.17, 15) is 0 Å². The van der Waals surface area contributed by atoms with Crippen LogP contribution in [0.15, 0.2) is 0 Å². The molecule has 0 heterocycles. The molecule has 0 aliphatic rings. The smallest absolute Gasteiger partial charge is 0.0337 e. The molecule has 0 bridgehead atoms. The Morgan fingerprint density at radius 3 is 2.25 bits per heavy atom. The summed E-state index contributed by atoms with van der Waals surface area (Å²) in [6.07, 6.45) is 6.12. The van der Waals surface area contributed by atoms with Crippen molar-refractivity contribution >= 4 is 6.29 Å². The van der Waals surface area contributed by atoms with Crippen molar-refractivity contribution < 1.29 is 4.79 Å². The van der Waals surface area contributed by atoms with Crippen LogP contribution < -0.4 is 0 Å². The van der Waals surface area contributed by atoms with Crippen molar-refractivity contribution in [2.24, 2.45) is 0 Å². The van der Waals surface area contributed by atoms with E-state index in [0.29, 0.717) is 6.29 Å². The van der Waals surface area contributed by atoms with Gasteiger partial charge in [-0.25, -0.2) is 0 Å². The van der Waals surface area contributed by atoms with Crippen LogP contribution in [0, 0.1) is 12.3 Å². The van der Waals surface area contributed by atoms with Crippen LogP contribution in [0.4, 0.5) is 0 Å². The first kappa shape index (κ1) is 3.23. The standard InChI is InChI=1S/C3HO/c1-2-3-4/h3H/q-1. The molecule has 0 N–H and O–H groups in total. The van der Waals surface area contributed by atoms with Gasteiger partial charge < -0.3 is 11.2 Å². The number of rotatable bonds is 0. The molecule has 0 spiro atoms. The third-order valence-electron chi connectivity index (χ3n) is 0.0589. The number of carbonyl (C=O) groups excluding carboxylic acids is 1. The predicted molar refractivity (Wildman–Crippen MR) is 13.2 cm³/mol. The fourth-order valence-corrected chi connectivity index (χ4v) is 0. The van der Waals surface area contributed by atoms with Gasteiger partial charge in [-0.2, -0.15) is 0 Å². The van der Waals surface area contributed by atoms with Crippen molar-refractivity contribution in [3.8, 4) is 5.92 Å². The zero-order valence-electron chi connectivity index (χ0n) is 1.99. The molecular weight excluding hydrogens is 52.0 g/mol. The Kier molecular flexibility index (Phi) is 1.80. The number of hydrogen-bond donors (Lipinski definition) is 0. The molecule has 0 saturated carbocycles. The lowest BCUT2D eigenvalue weighted by Gasteiger charge is -1.49. The Balaban J connectivity index is 2.92. The minimum atomic E-state index is 0.292. The van der Waals surface area contributed by atoms with Gasteiger partial charge in [-0.15, -0.1) is 0 Å². The average Bonchev–Trinajstić information content (AvgIpc) is 1.37. The lowest BCUT2D eigenvalue weighted by molar-refractivity contribution is -0.103. The first-order valence-corrected chi connectivity index (χ1v) is 0.774. The number of hydrogen-bond acceptors (Lipinski definition) is 1. The Bertz CT molecular complexity index is 48.8. The van der Waals surface area contributed by atoms with Gasteiger partial charge in [0.25, 0.3) is 0 Å². The molecule has 0 radical (unpaired) electrons. The van der Waals surface area contributed by atoms with Crippen molar-refractivity contribution in [1.82, 2.24) is 0 Å².